The Morgan fingerprint density at radius 1 is 0.614 bits per heavy atom. The van der Waals surface area contributed by atoms with Gasteiger partial charge in [0, 0.05) is 43.3 Å². The van der Waals surface area contributed by atoms with E-state index >= 15 is 0 Å². The first-order valence-corrected chi connectivity index (χ1v) is 29.6. The topological polar surface area (TPSA) is 337 Å². The maximum Gasteiger partial charge on any atom is 1.00 e. The van der Waals surface area contributed by atoms with Crippen LogP contribution in [0.2, 0.25) is 0 Å². The van der Waals surface area contributed by atoms with Gasteiger partial charge in [-0.2, -0.15) is 0 Å². The second-order valence-corrected chi connectivity index (χ2v) is 23.1. The molecule has 0 aliphatic carbocycles. The van der Waals surface area contributed by atoms with Crippen molar-refractivity contribution in [3.05, 3.63) is 83.6 Å². The van der Waals surface area contributed by atoms with E-state index in [1.165, 1.54) is 17.9 Å². The molecule has 462 valence electrons. The molecule has 0 bridgehead atoms. The van der Waals surface area contributed by atoms with E-state index in [0.29, 0.717) is 25.4 Å². The molecule has 0 radical (unpaired) electrons. The molecule has 6 N–H and O–H groups in total. The molecule has 2 aromatic rings. The predicted molar refractivity (Wildman–Crippen MR) is 308 cm³/mol. The summed E-state index contributed by atoms with van der Waals surface area (Å²) in [6.07, 6.45) is 1.53. The minimum Gasteiger partial charge on any atom is -0.726 e. The van der Waals surface area contributed by atoms with Crippen LogP contribution in [-0.4, -0.2) is 149 Å². The molecule has 0 aliphatic heterocycles. The van der Waals surface area contributed by atoms with Crippen molar-refractivity contribution in [2.24, 2.45) is 29.6 Å². The molecular formula is C56H93K2N7O16S2. The van der Waals surface area contributed by atoms with E-state index in [4.69, 9.17) is 4.74 Å². The van der Waals surface area contributed by atoms with Crippen LogP contribution in [0.4, 0.5) is 0 Å². The van der Waals surface area contributed by atoms with Gasteiger partial charge >= 0.3 is 109 Å². The molecule has 2 aromatic carbocycles. The number of hydrogen-bond donors (Lipinski definition) is 6. The van der Waals surface area contributed by atoms with Gasteiger partial charge in [-0.3, -0.25) is 37.1 Å². The molecule has 0 saturated heterocycles. The van der Waals surface area contributed by atoms with Crippen LogP contribution in [-0.2, 0) is 80.3 Å². The van der Waals surface area contributed by atoms with Crippen molar-refractivity contribution >= 4 is 62.1 Å². The van der Waals surface area contributed by atoms with Gasteiger partial charge < -0.3 is 50.6 Å². The number of likely N-dealkylation sites (N-methyl/N-ethyl adjacent to an activating group) is 1. The van der Waals surface area contributed by atoms with Crippen molar-refractivity contribution in [3.8, 4) is 0 Å². The third-order valence-electron chi connectivity index (χ3n) is 12.1. The van der Waals surface area contributed by atoms with Crippen LogP contribution in [0.5, 0.6) is 0 Å². The zero-order chi connectivity index (χ0) is 63.0. The van der Waals surface area contributed by atoms with Gasteiger partial charge in [-0.1, -0.05) is 150 Å². The minimum absolute atomic E-state index is 0. The van der Waals surface area contributed by atoms with Crippen molar-refractivity contribution < 1.29 is 175 Å². The van der Waals surface area contributed by atoms with E-state index in [1.807, 2.05) is 95.4 Å². The quantitative estimate of drug-likeness (QED) is 0.0129. The van der Waals surface area contributed by atoms with Gasteiger partial charge in [-0.15, -0.1) is 0 Å². The second kappa shape index (κ2) is 45.8. The second-order valence-electron chi connectivity index (χ2n) is 20.8. The Balaban J connectivity index is -0.00000142. The van der Waals surface area contributed by atoms with E-state index in [-0.39, 0.29) is 151 Å². The van der Waals surface area contributed by atoms with Crippen molar-refractivity contribution in [1.82, 2.24) is 36.8 Å². The van der Waals surface area contributed by atoms with Crippen molar-refractivity contribution in [1.29, 1.82) is 0 Å². The largest absolute Gasteiger partial charge is 1.00 e. The van der Waals surface area contributed by atoms with Gasteiger partial charge in [-0.05, 0) is 69.7 Å². The first kappa shape index (κ1) is 87.0. The average molecular weight is 1260 g/mol. The van der Waals surface area contributed by atoms with Crippen LogP contribution in [0.3, 0.4) is 0 Å². The Morgan fingerprint density at radius 3 is 1.43 bits per heavy atom. The number of allylic oxidation sites excluding steroid dienone is 2. The Kier molecular flexibility index (Phi) is 48.1. The average Bonchev–Trinajstić information content (AvgIpc) is 3.39. The molecule has 0 heterocycles. The summed E-state index contributed by atoms with van der Waals surface area (Å²) in [4.78, 5) is 98.4. The van der Waals surface area contributed by atoms with Gasteiger partial charge in [0.15, 0.2) is 5.78 Å². The third-order valence-corrected chi connectivity index (χ3v) is 12.9. The number of Topliss-reactive ketones (excluding diaryl/α,β-unsaturated/α-hetero) is 1. The molecule has 0 saturated carbocycles. The first-order chi connectivity index (χ1) is 37.5. The number of hydrogen-bond acceptors (Lipinski definition) is 18. The molecule has 5 amide bonds. The number of carbonyl (C=O) groups is 7. The number of nitrogens with one attached hydrogen (secondary N) is 6. The van der Waals surface area contributed by atoms with E-state index in [2.05, 4.69) is 54.1 Å². The number of amides is 5. The van der Waals surface area contributed by atoms with Crippen LogP contribution in [0.1, 0.15) is 121 Å². The molecular weight excluding hydrogens is 1170 g/mol. The maximum atomic E-state index is 14.5. The third kappa shape index (κ3) is 39.2. The Hall–Kier alpha value is -2.40. The number of esters is 1. The smallest absolute Gasteiger partial charge is 0.726 e. The summed E-state index contributed by atoms with van der Waals surface area (Å²) in [5.41, 5.74) is 1.81. The zero-order valence-corrected chi connectivity index (χ0v) is 60.5. The van der Waals surface area contributed by atoms with E-state index in [0.717, 1.165) is 25.3 Å². The molecule has 83 heavy (non-hydrogen) atoms. The molecule has 0 fully saturated rings. The number of benzene rings is 2. The molecule has 6 unspecified atom stereocenters. The monoisotopic (exact) mass is 1260 g/mol. The number of carbonyl (C=O) groups excluding carboxylic acids is 7. The van der Waals surface area contributed by atoms with Crippen molar-refractivity contribution in [2.75, 3.05) is 34.9 Å². The summed E-state index contributed by atoms with van der Waals surface area (Å²) in [7, 11) is -3.65. The van der Waals surface area contributed by atoms with Crippen LogP contribution >= 0.6 is 0 Å². The predicted octanol–water partition coefficient (Wildman–Crippen LogP) is -1.90. The summed E-state index contributed by atoms with van der Waals surface area (Å²) < 4.78 is 68.0. The van der Waals surface area contributed by atoms with E-state index in [1.54, 1.807) is 55.5 Å². The van der Waals surface area contributed by atoms with Crippen LogP contribution < -0.4 is 135 Å². The maximum absolute atomic E-state index is 14.5. The van der Waals surface area contributed by atoms with Gasteiger partial charge in [-0.25, -0.2) is 21.6 Å². The summed E-state index contributed by atoms with van der Waals surface area (Å²) in [5, 5.41) is 17.3. The fourth-order valence-electron chi connectivity index (χ4n) is 6.96. The number of ketones is 1. The molecule has 23 nitrogen and oxygen atoms in total. The Morgan fingerprint density at radius 2 is 1.06 bits per heavy atom. The molecule has 27 heteroatoms. The van der Waals surface area contributed by atoms with Gasteiger partial charge in [0.1, 0.15) is 30.3 Å². The minimum atomic E-state index is -4.41. The first-order valence-electron chi connectivity index (χ1n) is 26.9. The standard InChI is InChI=1S/C50H76N6O8.C4H11N.2CH4O4S.2K/c1-14-39(44(57)32(6)7)52-48(61)43(55-46(59)40(53-45(58)33(8)9)26-21-27-51-34(10)11)35(12)64-50(63)42(31(4)5)54-47(60)41(29-37-24-19-16-20-25-37)56(13)49(62)38(30(2)3)28-36-22-17-15-18-23-36;1-4(2)5-3;2*1-5-6(2,3)4;;/h14-20,22-25,30-35,38,40-43,51H,21,26-29H2,1-13H3,(H,52,61)(H,53,58)(H,54,60)(H,55,59);4-5H,1-3H3;2*1H3,(H,2,3,4);;/q;;;;2*+1/p-2. The van der Waals surface area contributed by atoms with Crippen LogP contribution in [0.15, 0.2) is 72.4 Å². The molecule has 0 spiro atoms. The van der Waals surface area contributed by atoms with E-state index < -0.39 is 98.4 Å². The van der Waals surface area contributed by atoms with Crippen molar-refractivity contribution in [2.45, 2.75) is 165 Å². The summed E-state index contributed by atoms with van der Waals surface area (Å²) in [6, 6.07) is 15.0. The van der Waals surface area contributed by atoms with Gasteiger partial charge in [0.25, 0.3) is 5.91 Å². The summed E-state index contributed by atoms with van der Waals surface area (Å²) in [6.45, 7) is 26.0. The SMILES string of the molecule is CC=C(NC(=O)C(NC(=O)C(CCCNC(C)C)NC(=O)C(C)C)C(C)OC(=O)C(NC(=O)C(Cc1ccccc1)N(C)C(=O)C(Cc1ccccc1)C(C)C)C(C)C)C(=O)C(C)C.CNC(C)C.COS(=O)(=O)[O-].COS(=O)(=O)[O-].[K+].[K+]. The summed E-state index contributed by atoms with van der Waals surface area (Å²) >= 11 is 0. The summed E-state index contributed by atoms with van der Waals surface area (Å²) in [5.74, 6) is -5.77. The Labute approximate surface area is 580 Å². The number of nitrogens with zero attached hydrogens (tertiary/aromatic N) is 1. The normalized spacial score (nSPS) is 13.5. The van der Waals surface area contributed by atoms with Crippen molar-refractivity contribution in [3.63, 3.8) is 0 Å². The van der Waals surface area contributed by atoms with Gasteiger partial charge in [0.2, 0.25) is 44.4 Å². The fraction of sp³-hybridized carbons (Fsp3) is 0.625. The fourth-order valence-corrected chi connectivity index (χ4v) is 6.96. The van der Waals surface area contributed by atoms with Crippen LogP contribution in [0, 0.1) is 29.6 Å². The molecule has 6 atom stereocenters. The van der Waals surface area contributed by atoms with E-state index in [9.17, 15) is 59.5 Å². The number of rotatable bonds is 29. The molecule has 2 rings (SSSR count). The Bertz CT molecular complexity index is 2460. The molecule has 0 aliphatic rings. The zero-order valence-electron chi connectivity index (χ0n) is 52.6. The van der Waals surface area contributed by atoms with Gasteiger partial charge in [0.05, 0.1) is 19.9 Å². The number of ether oxygens (including phenoxy) is 1. The molecule has 0 aromatic heterocycles. The van der Waals surface area contributed by atoms with Crippen LogP contribution in [0.25, 0.3) is 0 Å².